The first-order valence-electron chi connectivity index (χ1n) is 12.1. The highest BCUT2D eigenvalue weighted by atomic mass is 35.5. The quantitative estimate of drug-likeness (QED) is 0.322. The van der Waals surface area contributed by atoms with E-state index < -0.39 is 5.97 Å². The summed E-state index contributed by atoms with van der Waals surface area (Å²) in [4.78, 5) is 33.0. The van der Waals surface area contributed by atoms with Crippen LogP contribution in [0.25, 0.3) is 22.2 Å². The molecule has 0 radical (unpaired) electrons. The molecule has 10 nitrogen and oxygen atoms in total. The minimum Gasteiger partial charge on any atom is -0.495 e. The summed E-state index contributed by atoms with van der Waals surface area (Å²) in [6, 6.07) is 12.0. The second-order valence-corrected chi connectivity index (χ2v) is 9.27. The van der Waals surface area contributed by atoms with Crippen LogP contribution in [0.3, 0.4) is 0 Å². The second kappa shape index (κ2) is 12.8. The standard InChI is InChI=1S/C17H12Cl2N2O4.C11H14N2O2/c1-24-10-7-11(25-2)14(19)12(13(10)18)8-3-4-9(17(22)23)16-15(8)20-5-6-21-16;12-11(14)9-1-3-10(4-2-9)13-5-7-15-8-6-13/h3-7H,1-2H3,(H,22,23);1-4H,5-8H2,(H2,12,14). The van der Waals surface area contributed by atoms with Gasteiger partial charge < -0.3 is 30.0 Å². The number of fused-ring (bicyclic) bond motifs is 1. The van der Waals surface area contributed by atoms with Gasteiger partial charge in [0.1, 0.15) is 17.0 Å². The topological polar surface area (TPSA) is 137 Å². The van der Waals surface area contributed by atoms with Crippen molar-refractivity contribution in [2.24, 2.45) is 5.73 Å². The van der Waals surface area contributed by atoms with Crippen molar-refractivity contribution in [2.75, 3.05) is 45.4 Å². The van der Waals surface area contributed by atoms with E-state index in [0.29, 0.717) is 33.7 Å². The minimum absolute atomic E-state index is 0.0361. The number of carbonyl (C=O) groups excluding carboxylic acids is 1. The van der Waals surface area contributed by atoms with Gasteiger partial charge in [-0.25, -0.2) is 4.79 Å². The van der Waals surface area contributed by atoms with Crippen molar-refractivity contribution in [3.05, 3.63) is 76.0 Å². The number of amides is 1. The number of ether oxygens (including phenoxy) is 3. The Morgan fingerprint density at radius 1 is 0.925 bits per heavy atom. The normalized spacial score (nSPS) is 12.8. The lowest BCUT2D eigenvalue weighted by Gasteiger charge is -2.28. The molecule has 40 heavy (non-hydrogen) atoms. The number of hydrogen-bond donors (Lipinski definition) is 2. The molecule has 1 aromatic heterocycles. The molecule has 1 aliphatic rings. The number of anilines is 1. The molecular formula is C28H26Cl2N4O6. The van der Waals surface area contributed by atoms with Crippen LogP contribution in [0.15, 0.2) is 54.9 Å². The SMILES string of the molecule is COc1cc(OC)c(Cl)c(-c2ccc(C(=O)O)c3nccnc23)c1Cl.NC(=O)c1ccc(N2CCOCC2)cc1. The van der Waals surface area contributed by atoms with Crippen molar-refractivity contribution in [3.8, 4) is 22.6 Å². The zero-order valence-electron chi connectivity index (χ0n) is 21.7. The number of carboxylic acids is 1. The van der Waals surface area contributed by atoms with E-state index in [1.165, 1.54) is 32.7 Å². The zero-order valence-corrected chi connectivity index (χ0v) is 23.2. The Kier molecular flexibility index (Phi) is 9.26. The number of aromatic nitrogens is 2. The van der Waals surface area contributed by atoms with Gasteiger partial charge in [-0.15, -0.1) is 0 Å². The largest absolute Gasteiger partial charge is 0.495 e. The van der Waals surface area contributed by atoms with Crippen molar-refractivity contribution in [1.29, 1.82) is 0 Å². The van der Waals surface area contributed by atoms with E-state index in [1.54, 1.807) is 24.3 Å². The van der Waals surface area contributed by atoms with Gasteiger partial charge in [0.25, 0.3) is 0 Å². The average Bonchev–Trinajstić information content (AvgIpc) is 2.98. The van der Waals surface area contributed by atoms with Gasteiger partial charge in [-0.3, -0.25) is 14.8 Å². The lowest BCUT2D eigenvalue weighted by molar-refractivity contribution is 0.0698. The molecule has 3 N–H and O–H groups in total. The summed E-state index contributed by atoms with van der Waals surface area (Å²) < 4.78 is 15.8. The summed E-state index contributed by atoms with van der Waals surface area (Å²) in [5, 5.41) is 9.89. The molecule has 208 valence electrons. The van der Waals surface area contributed by atoms with E-state index in [-0.39, 0.29) is 27.0 Å². The van der Waals surface area contributed by atoms with Crippen molar-refractivity contribution < 1.29 is 28.9 Å². The van der Waals surface area contributed by atoms with E-state index in [2.05, 4.69) is 14.9 Å². The molecule has 12 heteroatoms. The van der Waals surface area contributed by atoms with Crippen LogP contribution in [-0.4, -0.2) is 67.5 Å². The molecule has 1 saturated heterocycles. The summed E-state index contributed by atoms with van der Waals surface area (Å²) in [5.41, 5.74) is 8.43. The number of primary amides is 1. The highest BCUT2D eigenvalue weighted by molar-refractivity contribution is 6.41. The summed E-state index contributed by atoms with van der Waals surface area (Å²) >= 11 is 12.9. The third-order valence-corrected chi connectivity index (χ3v) is 6.98. The van der Waals surface area contributed by atoms with Gasteiger partial charge in [-0.05, 0) is 30.3 Å². The Labute approximate surface area is 240 Å². The van der Waals surface area contributed by atoms with Crippen molar-refractivity contribution in [1.82, 2.24) is 9.97 Å². The van der Waals surface area contributed by atoms with Crippen molar-refractivity contribution >= 4 is 51.8 Å². The first kappa shape index (κ1) is 28.9. The molecule has 0 bridgehead atoms. The maximum absolute atomic E-state index is 11.4. The Hall–Kier alpha value is -4.12. The fraction of sp³-hybridized carbons (Fsp3) is 0.214. The van der Waals surface area contributed by atoms with Gasteiger partial charge in [-0.2, -0.15) is 0 Å². The van der Waals surface area contributed by atoms with Gasteiger partial charge in [0.05, 0.1) is 48.6 Å². The van der Waals surface area contributed by atoms with Crippen LogP contribution in [-0.2, 0) is 4.74 Å². The molecule has 4 aromatic rings. The molecule has 0 saturated carbocycles. The lowest BCUT2D eigenvalue weighted by atomic mass is 10.00. The molecule has 0 atom stereocenters. The smallest absolute Gasteiger partial charge is 0.337 e. The van der Waals surface area contributed by atoms with Gasteiger partial charge >= 0.3 is 5.97 Å². The molecular weight excluding hydrogens is 559 g/mol. The monoisotopic (exact) mass is 584 g/mol. The molecule has 0 spiro atoms. The average molecular weight is 585 g/mol. The van der Waals surface area contributed by atoms with E-state index in [9.17, 15) is 14.7 Å². The Morgan fingerprint density at radius 3 is 2.02 bits per heavy atom. The number of carboxylic acid groups (broad SMARTS) is 1. The van der Waals surface area contributed by atoms with Gasteiger partial charge in [0.15, 0.2) is 0 Å². The summed E-state index contributed by atoms with van der Waals surface area (Å²) in [6.45, 7) is 3.32. The van der Waals surface area contributed by atoms with E-state index in [1.807, 2.05) is 12.1 Å². The Balaban J connectivity index is 0.000000210. The molecule has 1 fully saturated rings. The number of nitrogens with two attached hydrogens (primary N) is 1. The summed E-state index contributed by atoms with van der Waals surface area (Å²) in [5.74, 6) is -0.740. The summed E-state index contributed by atoms with van der Waals surface area (Å²) in [6.07, 6.45) is 2.89. The molecule has 1 amide bonds. The molecule has 2 heterocycles. The van der Waals surface area contributed by atoms with Crippen molar-refractivity contribution in [3.63, 3.8) is 0 Å². The lowest BCUT2D eigenvalue weighted by Crippen LogP contribution is -2.36. The third kappa shape index (κ3) is 6.04. The van der Waals surface area contributed by atoms with Crippen LogP contribution in [0.1, 0.15) is 20.7 Å². The van der Waals surface area contributed by atoms with E-state index in [4.69, 9.17) is 43.1 Å². The van der Waals surface area contributed by atoms with Crippen LogP contribution in [0.2, 0.25) is 10.0 Å². The maximum Gasteiger partial charge on any atom is 0.337 e. The molecule has 5 rings (SSSR count). The highest BCUT2D eigenvalue weighted by Crippen LogP contribution is 2.47. The number of hydrogen-bond acceptors (Lipinski definition) is 8. The molecule has 1 aliphatic heterocycles. The zero-order chi connectivity index (χ0) is 28.8. The first-order chi connectivity index (χ1) is 19.3. The van der Waals surface area contributed by atoms with E-state index >= 15 is 0 Å². The van der Waals surface area contributed by atoms with Gasteiger partial charge in [0, 0.05) is 53.9 Å². The molecule has 3 aromatic carbocycles. The first-order valence-corrected chi connectivity index (χ1v) is 12.8. The maximum atomic E-state index is 11.4. The van der Waals surface area contributed by atoms with Gasteiger partial charge in [0.2, 0.25) is 5.91 Å². The van der Waals surface area contributed by atoms with Crippen LogP contribution < -0.4 is 20.1 Å². The van der Waals surface area contributed by atoms with E-state index in [0.717, 1.165) is 32.0 Å². The number of aromatic carboxylic acids is 1. The Bertz CT molecular complexity index is 1510. The predicted octanol–water partition coefficient (Wildman–Crippen LogP) is 4.94. The van der Waals surface area contributed by atoms with Crippen molar-refractivity contribution in [2.45, 2.75) is 0 Å². The number of carbonyl (C=O) groups is 2. The number of rotatable bonds is 6. The number of methoxy groups -OCH3 is 2. The number of nitrogens with zero attached hydrogens (tertiary/aromatic N) is 3. The number of morpholine rings is 1. The Morgan fingerprint density at radius 2 is 1.50 bits per heavy atom. The second-order valence-electron chi connectivity index (χ2n) is 8.51. The van der Waals surface area contributed by atoms with Crippen LogP contribution >= 0.6 is 23.2 Å². The molecule has 0 unspecified atom stereocenters. The van der Waals surface area contributed by atoms with Crippen LogP contribution in [0.4, 0.5) is 5.69 Å². The predicted molar refractivity (Wildman–Crippen MR) is 153 cm³/mol. The van der Waals surface area contributed by atoms with Gasteiger partial charge in [-0.1, -0.05) is 29.3 Å². The van der Waals surface area contributed by atoms with Crippen LogP contribution in [0, 0.1) is 0 Å². The fourth-order valence-corrected chi connectivity index (χ4v) is 4.92. The third-order valence-electron chi connectivity index (χ3n) is 6.23. The molecule has 0 aliphatic carbocycles. The fourth-order valence-electron chi connectivity index (χ4n) is 4.21. The minimum atomic E-state index is -1.10. The number of benzene rings is 3. The number of halogens is 2. The highest BCUT2D eigenvalue weighted by Gasteiger charge is 2.23. The van der Waals surface area contributed by atoms with Crippen LogP contribution in [0.5, 0.6) is 11.5 Å². The summed E-state index contributed by atoms with van der Waals surface area (Å²) in [7, 11) is 2.95.